The van der Waals surface area contributed by atoms with Crippen molar-refractivity contribution in [2.24, 2.45) is 0 Å². The summed E-state index contributed by atoms with van der Waals surface area (Å²) in [6.07, 6.45) is 8.05. The summed E-state index contributed by atoms with van der Waals surface area (Å²) in [5.74, 6) is 0. The Kier molecular flexibility index (Phi) is 6.18. The van der Waals surface area contributed by atoms with Crippen molar-refractivity contribution in [1.29, 1.82) is 0 Å². The molecule has 1 fully saturated rings. The van der Waals surface area contributed by atoms with Gasteiger partial charge in [-0.15, -0.1) is 0 Å². The maximum Gasteiger partial charge on any atom is 0.267 e. The molecule has 1 aliphatic rings. The maximum absolute atomic E-state index is 13.8. The predicted octanol–water partition coefficient (Wildman–Crippen LogP) is 5.29. The first kappa shape index (κ1) is 20.9. The van der Waals surface area contributed by atoms with E-state index in [2.05, 4.69) is 6.92 Å². The van der Waals surface area contributed by atoms with Gasteiger partial charge < -0.3 is 0 Å². The normalized spacial score (nSPS) is 15.9. The van der Waals surface area contributed by atoms with E-state index in [1.807, 2.05) is 55.8 Å². The van der Waals surface area contributed by atoms with Gasteiger partial charge in [0.15, 0.2) is 0 Å². The Bertz CT molecular complexity index is 876. The Morgan fingerprint density at radius 3 is 2.36 bits per heavy atom. The fourth-order valence-electron chi connectivity index (χ4n) is 3.84. The van der Waals surface area contributed by atoms with Crippen LogP contribution >= 0.6 is 0 Å². The van der Waals surface area contributed by atoms with E-state index in [-0.39, 0.29) is 5.41 Å². The average Bonchev–Trinajstić information content (AvgIpc) is 3.32. The van der Waals surface area contributed by atoms with Crippen molar-refractivity contribution in [3.63, 3.8) is 0 Å². The third kappa shape index (κ3) is 4.27. The van der Waals surface area contributed by atoms with Crippen molar-refractivity contribution in [2.75, 3.05) is 10.8 Å². The molecule has 0 amide bonds. The van der Waals surface area contributed by atoms with Gasteiger partial charge >= 0.3 is 0 Å². The van der Waals surface area contributed by atoms with Crippen molar-refractivity contribution in [3.05, 3.63) is 42.2 Å². The van der Waals surface area contributed by atoms with Gasteiger partial charge in [0, 0.05) is 18.2 Å². The van der Waals surface area contributed by atoms with Crippen LogP contribution in [0.15, 0.2) is 41.4 Å². The van der Waals surface area contributed by atoms with Crippen LogP contribution in [0.4, 0.5) is 5.69 Å². The number of sulfonamides is 1. The number of anilines is 1. The van der Waals surface area contributed by atoms with Crippen LogP contribution in [0.2, 0.25) is 0 Å². The van der Waals surface area contributed by atoms with E-state index in [4.69, 9.17) is 5.10 Å². The second kappa shape index (κ2) is 8.27. The summed E-state index contributed by atoms with van der Waals surface area (Å²) in [6.45, 7) is 8.65. The molecule has 1 aromatic heterocycles. The molecule has 0 N–H and O–H groups in total. The lowest BCUT2D eigenvalue weighted by Gasteiger charge is -2.26. The molecule has 0 atom stereocenters. The van der Waals surface area contributed by atoms with Crippen molar-refractivity contribution < 1.29 is 8.42 Å². The van der Waals surface area contributed by atoms with Gasteiger partial charge in [-0.25, -0.2) is 8.42 Å². The van der Waals surface area contributed by atoms with Crippen molar-refractivity contribution in [3.8, 4) is 0 Å². The molecule has 0 bridgehead atoms. The highest BCUT2D eigenvalue weighted by Crippen LogP contribution is 2.35. The molecule has 28 heavy (non-hydrogen) atoms. The van der Waals surface area contributed by atoms with Crippen molar-refractivity contribution in [2.45, 2.75) is 82.6 Å². The first-order valence-electron chi connectivity index (χ1n) is 10.4. The topological polar surface area (TPSA) is 55.2 Å². The molecular weight excluding hydrogens is 370 g/mol. The SMILES string of the molecule is CCCCN(c1ccccc1)S(=O)(=O)c1cn(C2CCCC2)nc1C(C)(C)C. The zero-order valence-corrected chi connectivity index (χ0v) is 18.4. The average molecular weight is 404 g/mol. The van der Waals surface area contributed by atoms with Gasteiger partial charge in [-0.05, 0) is 31.4 Å². The van der Waals surface area contributed by atoms with Gasteiger partial charge in [-0.2, -0.15) is 5.10 Å². The highest BCUT2D eigenvalue weighted by molar-refractivity contribution is 7.92. The van der Waals surface area contributed by atoms with Crippen LogP contribution in [0.25, 0.3) is 0 Å². The first-order chi connectivity index (χ1) is 13.2. The molecule has 0 saturated heterocycles. The van der Waals surface area contributed by atoms with Gasteiger partial charge in [-0.3, -0.25) is 8.99 Å². The largest absolute Gasteiger partial charge is 0.268 e. The Hall–Kier alpha value is -1.82. The number of aromatic nitrogens is 2. The Balaban J connectivity index is 2.09. The smallest absolute Gasteiger partial charge is 0.267 e. The van der Waals surface area contributed by atoms with Crippen LogP contribution < -0.4 is 4.31 Å². The van der Waals surface area contributed by atoms with E-state index in [0.717, 1.165) is 25.7 Å². The van der Waals surface area contributed by atoms with Gasteiger partial charge in [0.2, 0.25) is 0 Å². The lowest BCUT2D eigenvalue weighted by Crippen LogP contribution is -2.33. The second-order valence-electron chi connectivity index (χ2n) is 8.78. The minimum Gasteiger partial charge on any atom is -0.268 e. The highest BCUT2D eigenvalue weighted by atomic mass is 32.2. The number of para-hydroxylation sites is 1. The van der Waals surface area contributed by atoms with Crippen LogP contribution in [0.1, 0.15) is 78.0 Å². The highest BCUT2D eigenvalue weighted by Gasteiger charge is 2.35. The molecule has 1 aliphatic carbocycles. The molecule has 5 nitrogen and oxygen atoms in total. The van der Waals surface area contributed by atoms with E-state index in [9.17, 15) is 8.42 Å². The van der Waals surface area contributed by atoms with Crippen LogP contribution in [0.3, 0.4) is 0 Å². The maximum atomic E-state index is 13.8. The van der Waals surface area contributed by atoms with Crippen LogP contribution in [-0.2, 0) is 15.4 Å². The lowest BCUT2D eigenvalue weighted by atomic mass is 9.92. The fraction of sp³-hybridized carbons (Fsp3) is 0.591. The summed E-state index contributed by atoms with van der Waals surface area (Å²) < 4.78 is 31.1. The zero-order valence-electron chi connectivity index (χ0n) is 17.6. The molecule has 154 valence electrons. The molecular formula is C22H33N3O2S. The minimum absolute atomic E-state index is 0.311. The molecule has 6 heteroatoms. The number of nitrogens with zero attached hydrogens (tertiary/aromatic N) is 3. The second-order valence-corrected chi connectivity index (χ2v) is 10.6. The number of hydrogen-bond donors (Lipinski definition) is 0. The molecule has 1 aromatic carbocycles. The number of hydrogen-bond acceptors (Lipinski definition) is 3. The van der Waals surface area contributed by atoms with Gasteiger partial charge in [0.05, 0.1) is 17.4 Å². The molecule has 2 aromatic rings. The molecule has 0 aliphatic heterocycles. The molecule has 1 heterocycles. The Morgan fingerprint density at radius 2 is 1.79 bits per heavy atom. The Morgan fingerprint density at radius 1 is 1.14 bits per heavy atom. The van der Waals surface area contributed by atoms with Crippen LogP contribution in [0.5, 0.6) is 0 Å². The van der Waals surface area contributed by atoms with Crippen LogP contribution in [0, 0.1) is 0 Å². The molecule has 0 radical (unpaired) electrons. The number of rotatable bonds is 7. The van der Waals surface area contributed by atoms with Crippen molar-refractivity contribution in [1.82, 2.24) is 9.78 Å². The predicted molar refractivity (Wildman–Crippen MR) is 114 cm³/mol. The molecule has 0 unspecified atom stereocenters. The zero-order chi connectivity index (χ0) is 20.4. The third-order valence-electron chi connectivity index (χ3n) is 5.43. The minimum atomic E-state index is -3.70. The van der Waals surface area contributed by atoms with Crippen molar-refractivity contribution >= 4 is 15.7 Å². The standard InChI is InChI=1S/C22H33N3O2S/c1-5-6-16-25(19-14-8-7-9-15-19)28(26,27)20-17-24(18-12-10-11-13-18)23-21(20)22(2,3)4/h7-9,14-15,17-18H,5-6,10-13,16H2,1-4H3. The van der Waals surface area contributed by atoms with E-state index >= 15 is 0 Å². The van der Waals surface area contributed by atoms with Gasteiger partial charge in [0.25, 0.3) is 10.0 Å². The summed E-state index contributed by atoms with van der Waals surface area (Å²) in [5, 5.41) is 4.80. The van der Waals surface area contributed by atoms with Gasteiger partial charge in [0.1, 0.15) is 4.90 Å². The lowest BCUT2D eigenvalue weighted by molar-refractivity contribution is 0.448. The number of benzene rings is 1. The molecule has 3 rings (SSSR count). The molecule has 1 saturated carbocycles. The van der Waals surface area contributed by atoms with Gasteiger partial charge in [-0.1, -0.05) is 65.2 Å². The van der Waals surface area contributed by atoms with Crippen LogP contribution in [-0.4, -0.2) is 24.7 Å². The summed E-state index contributed by atoms with van der Waals surface area (Å²) in [6, 6.07) is 9.72. The summed E-state index contributed by atoms with van der Waals surface area (Å²) >= 11 is 0. The third-order valence-corrected chi connectivity index (χ3v) is 7.26. The van der Waals surface area contributed by atoms with E-state index in [1.54, 1.807) is 10.5 Å². The first-order valence-corrected chi connectivity index (χ1v) is 11.9. The monoisotopic (exact) mass is 403 g/mol. The van der Waals surface area contributed by atoms with E-state index in [0.29, 0.717) is 28.9 Å². The van der Waals surface area contributed by atoms with E-state index < -0.39 is 10.0 Å². The summed E-state index contributed by atoms with van der Waals surface area (Å²) in [4.78, 5) is 0.354. The quantitative estimate of drug-likeness (QED) is 0.631. The summed E-state index contributed by atoms with van der Waals surface area (Å²) in [5.41, 5.74) is 1.03. The molecule has 0 spiro atoms. The Labute approximate surface area is 169 Å². The number of unbranched alkanes of at least 4 members (excludes halogenated alkanes) is 1. The van der Waals surface area contributed by atoms with E-state index in [1.165, 1.54) is 12.8 Å². The fourth-order valence-corrected chi connectivity index (χ4v) is 5.68. The summed E-state index contributed by atoms with van der Waals surface area (Å²) in [7, 11) is -3.70.